The summed E-state index contributed by atoms with van der Waals surface area (Å²) in [6, 6.07) is 3.42. The van der Waals surface area contributed by atoms with Crippen molar-refractivity contribution < 1.29 is 13.2 Å². The van der Waals surface area contributed by atoms with E-state index in [-0.39, 0.29) is 11.9 Å². The summed E-state index contributed by atoms with van der Waals surface area (Å²) in [6.07, 6.45) is 5.61. The van der Waals surface area contributed by atoms with Crippen LogP contribution in [0.4, 0.5) is 0 Å². The minimum Gasteiger partial charge on any atom is -0.352 e. The van der Waals surface area contributed by atoms with Crippen LogP contribution in [0.2, 0.25) is 0 Å². The van der Waals surface area contributed by atoms with Crippen molar-refractivity contribution in [1.82, 2.24) is 9.62 Å². The molecule has 0 radical (unpaired) electrons. The molecule has 2 aliphatic rings. The molecule has 0 spiro atoms. The van der Waals surface area contributed by atoms with Gasteiger partial charge in [-0.15, -0.1) is 0 Å². The molecule has 5 nitrogen and oxygen atoms in total. The maximum atomic E-state index is 13.3. The Morgan fingerprint density at radius 2 is 1.64 bits per heavy atom. The minimum absolute atomic E-state index is 0.129. The van der Waals surface area contributed by atoms with E-state index >= 15 is 0 Å². The Morgan fingerprint density at radius 1 is 1.04 bits per heavy atom. The van der Waals surface area contributed by atoms with Crippen LogP contribution < -0.4 is 5.32 Å². The van der Waals surface area contributed by atoms with Crippen molar-refractivity contribution in [2.24, 2.45) is 0 Å². The average molecular weight is 365 g/mol. The molecule has 3 rings (SSSR count). The molecule has 1 heterocycles. The Hall–Kier alpha value is -1.40. The first-order chi connectivity index (χ1) is 11.8. The smallest absolute Gasteiger partial charge is 0.244 e. The molecule has 1 amide bonds. The van der Waals surface area contributed by atoms with Crippen LogP contribution in [-0.2, 0) is 14.8 Å². The highest BCUT2D eigenvalue weighted by atomic mass is 32.2. The second-order valence-corrected chi connectivity index (χ2v) is 9.32. The van der Waals surface area contributed by atoms with Gasteiger partial charge < -0.3 is 5.32 Å². The molecule has 2 fully saturated rings. The van der Waals surface area contributed by atoms with Gasteiger partial charge in [0.1, 0.15) is 6.04 Å². The van der Waals surface area contributed by atoms with E-state index in [0.29, 0.717) is 17.9 Å². The number of hydrogen-bond acceptors (Lipinski definition) is 3. The molecule has 1 aromatic carbocycles. The average Bonchev–Trinajstić information content (AvgIpc) is 3.16. The topological polar surface area (TPSA) is 66.5 Å². The van der Waals surface area contributed by atoms with Gasteiger partial charge in [-0.2, -0.15) is 4.31 Å². The normalized spacial score (nSPS) is 22.4. The molecule has 1 atom stereocenters. The van der Waals surface area contributed by atoms with Gasteiger partial charge in [0.05, 0.1) is 4.90 Å². The fraction of sp³-hybridized carbons (Fsp3) is 0.632. The van der Waals surface area contributed by atoms with E-state index in [0.717, 1.165) is 48.8 Å². The first kappa shape index (κ1) is 18.4. The van der Waals surface area contributed by atoms with Crippen molar-refractivity contribution in [2.45, 2.75) is 76.3 Å². The molecule has 1 saturated carbocycles. The van der Waals surface area contributed by atoms with E-state index in [1.807, 2.05) is 32.9 Å². The van der Waals surface area contributed by atoms with Crippen LogP contribution in [0.15, 0.2) is 17.0 Å². The number of hydrogen-bond donors (Lipinski definition) is 1. The van der Waals surface area contributed by atoms with Crippen molar-refractivity contribution in [1.29, 1.82) is 0 Å². The predicted molar refractivity (Wildman–Crippen MR) is 98.0 cm³/mol. The Balaban J connectivity index is 1.87. The van der Waals surface area contributed by atoms with Crippen LogP contribution >= 0.6 is 0 Å². The van der Waals surface area contributed by atoms with E-state index < -0.39 is 16.1 Å². The number of carbonyl (C=O) groups excluding carboxylic acids is 1. The summed E-state index contributed by atoms with van der Waals surface area (Å²) in [6.45, 7) is 6.04. The Kier molecular flexibility index (Phi) is 5.21. The molecule has 1 N–H and O–H groups in total. The second kappa shape index (κ2) is 7.08. The SMILES string of the molecule is Cc1cc(C)c(S(=O)(=O)N2CCCC2C(=O)NC2CCCC2)c(C)c1. The molecule has 1 unspecified atom stereocenters. The number of carbonyl (C=O) groups is 1. The molecule has 0 bridgehead atoms. The summed E-state index contributed by atoms with van der Waals surface area (Å²) in [5.74, 6) is -0.129. The van der Waals surface area contributed by atoms with Gasteiger partial charge in [0.25, 0.3) is 0 Å². The highest BCUT2D eigenvalue weighted by molar-refractivity contribution is 7.89. The molecule has 25 heavy (non-hydrogen) atoms. The number of aryl methyl sites for hydroxylation is 3. The number of nitrogens with one attached hydrogen (secondary N) is 1. The maximum absolute atomic E-state index is 13.3. The lowest BCUT2D eigenvalue weighted by Gasteiger charge is -2.26. The third-order valence-electron chi connectivity index (χ3n) is 5.38. The summed E-state index contributed by atoms with van der Waals surface area (Å²) in [5.41, 5.74) is 2.55. The van der Waals surface area contributed by atoms with Gasteiger partial charge in [0.2, 0.25) is 15.9 Å². The first-order valence-electron chi connectivity index (χ1n) is 9.21. The van der Waals surface area contributed by atoms with Crippen LogP contribution in [0.3, 0.4) is 0 Å². The molecule has 1 aliphatic heterocycles. The van der Waals surface area contributed by atoms with Crippen molar-refractivity contribution in [3.05, 3.63) is 28.8 Å². The van der Waals surface area contributed by atoms with Gasteiger partial charge in [-0.1, -0.05) is 30.5 Å². The van der Waals surface area contributed by atoms with Crippen molar-refractivity contribution >= 4 is 15.9 Å². The number of nitrogens with zero attached hydrogens (tertiary/aromatic N) is 1. The lowest BCUT2D eigenvalue weighted by Crippen LogP contribution is -2.48. The molecule has 1 saturated heterocycles. The van der Waals surface area contributed by atoms with Crippen LogP contribution in [-0.4, -0.2) is 37.3 Å². The molecule has 1 aromatic rings. The van der Waals surface area contributed by atoms with Crippen LogP contribution in [0.5, 0.6) is 0 Å². The third-order valence-corrected chi connectivity index (χ3v) is 7.59. The Labute approximate surface area is 150 Å². The summed E-state index contributed by atoms with van der Waals surface area (Å²) in [4.78, 5) is 13.1. The number of sulfonamides is 1. The van der Waals surface area contributed by atoms with Gasteiger partial charge in [0.15, 0.2) is 0 Å². The van der Waals surface area contributed by atoms with Crippen LogP contribution in [0, 0.1) is 20.8 Å². The van der Waals surface area contributed by atoms with Crippen LogP contribution in [0.25, 0.3) is 0 Å². The number of rotatable bonds is 4. The van der Waals surface area contributed by atoms with Crippen LogP contribution in [0.1, 0.15) is 55.2 Å². The zero-order chi connectivity index (χ0) is 18.2. The lowest BCUT2D eigenvalue weighted by atomic mass is 10.1. The fourth-order valence-electron chi connectivity index (χ4n) is 4.35. The Bertz CT molecular complexity index is 744. The highest BCUT2D eigenvalue weighted by Gasteiger charge is 2.41. The van der Waals surface area contributed by atoms with E-state index in [9.17, 15) is 13.2 Å². The third kappa shape index (κ3) is 3.60. The molecular weight excluding hydrogens is 336 g/mol. The van der Waals surface area contributed by atoms with E-state index in [1.165, 1.54) is 4.31 Å². The van der Waals surface area contributed by atoms with Crippen molar-refractivity contribution in [3.8, 4) is 0 Å². The van der Waals surface area contributed by atoms with E-state index in [4.69, 9.17) is 0 Å². The fourth-order valence-corrected chi connectivity index (χ4v) is 6.42. The van der Waals surface area contributed by atoms with Gasteiger partial charge >= 0.3 is 0 Å². The van der Waals surface area contributed by atoms with Gasteiger partial charge in [-0.3, -0.25) is 4.79 Å². The van der Waals surface area contributed by atoms with Gasteiger partial charge in [-0.05, 0) is 57.6 Å². The van der Waals surface area contributed by atoms with Crippen molar-refractivity contribution in [2.75, 3.05) is 6.54 Å². The largest absolute Gasteiger partial charge is 0.352 e. The van der Waals surface area contributed by atoms with E-state index in [2.05, 4.69) is 5.32 Å². The number of amides is 1. The summed E-state index contributed by atoms with van der Waals surface area (Å²) in [5, 5.41) is 3.07. The highest BCUT2D eigenvalue weighted by Crippen LogP contribution is 2.31. The molecular formula is C19H28N2O3S. The zero-order valence-electron chi connectivity index (χ0n) is 15.3. The number of benzene rings is 1. The van der Waals surface area contributed by atoms with Gasteiger partial charge in [-0.25, -0.2) is 8.42 Å². The standard InChI is InChI=1S/C19H28N2O3S/c1-13-11-14(2)18(15(3)12-13)25(23,24)21-10-6-9-17(21)19(22)20-16-7-4-5-8-16/h11-12,16-17H,4-10H2,1-3H3,(H,20,22). The maximum Gasteiger partial charge on any atom is 0.244 e. The van der Waals surface area contributed by atoms with Gasteiger partial charge in [0, 0.05) is 12.6 Å². The minimum atomic E-state index is -3.67. The monoisotopic (exact) mass is 364 g/mol. The second-order valence-electron chi connectivity index (χ2n) is 7.49. The predicted octanol–water partition coefficient (Wildman–Crippen LogP) is 2.82. The summed E-state index contributed by atoms with van der Waals surface area (Å²) >= 11 is 0. The van der Waals surface area contributed by atoms with E-state index in [1.54, 1.807) is 0 Å². The molecule has 138 valence electrons. The molecule has 1 aliphatic carbocycles. The molecule has 6 heteroatoms. The lowest BCUT2D eigenvalue weighted by molar-refractivity contribution is -0.124. The summed E-state index contributed by atoms with van der Waals surface area (Å²) in [7, 11) is -3.67. The van der Waals surface area contributed by atoms with Crippen molar-refractivity contribution in [3.63, 3.8) is 0 Å². The Morgan fingerprint density at radius 3 is 2.24 bits per heavy atom. The zero-order valence-corrected chi connectivity index (χ0v) is 16.2. The summed E-state index contributed by atoms with van der Waals surface area (Å²) < 4.78 is 28.0. The molecule has 0 aromatic heterocycles. The first-order valence-corrected chi connectivity index (χ1v) is 10.6. The quantitative estimate of drug-likeness (QED) is 0.893.